The lowest BCUT2D eigenvalue weighted by Crippen LogP contribution is -2.52. The molecule has 0 aliphatic carbocycles. The molecule has 0 saturated carbocycles. The summed E-state index contributed by atoms with van der Waals surface area (Å²) in [7, 11) is 0. The maximum absolute atomic E-state index is 12.2. The number of nitrogens with zero attached hydrogens (tertiary/aromatic N) is 2. The highest BCUT2D eigenvalue weighted by Gasteiger charge is 2.23. The maximum Gasteiger partial charge on any atom is 0.238 e. The number of aryl methyl sites for hydroxylation is 1. The van der Waals surface area contributed by atoms with Crippen LogP contribution >= 0.6 is 0 Å². The van der Waals surface area contributed by atoms with Gasteiger partial charge in [0.25, 0.3) is 0 Å². The summed E-state index contributed by atoms with van der Waals surface area (Å²) in [6.45, 7) is 8.44. The van der Waals surface area contributed by atoms with E-state index in [2.05, 4.69) is 29.0 Å². The molecule has 0 radical (unpaired) electrons. The quantitative estimate of drug-likeness (QED) is 0.801. The maximum atomic E-state index is 12.2. The fraction of sp³-hybridized carbons (Fsp3) is 0.611. The molecule has 1 fully saturated rings. The Bertz CT molecular complexity index is 478. The van der Waals surface area contributed by atoms with Crippen molar-refractivity contribution in [2.45, 2.75) is 32.7 Å². The summed E-state index contributed by atoms with van der Waals surface area (Å²) < 4.78 is 0. The molecule has 1 aliphatic heterocycles. The summed E-state index contributed by atoms with van der Waals surface area (Å²) in [5.41, 5.74) is 2.13. The second-order valence-corrected chi connectivity index (χ2v) is 6.16. The molecule has 1 aromatic carbocycles. The van der Waals surface area contributed by atoms with Crippen LogP contribution < -0.4 is 5.32 Å². The van der Waals surface area contributed by atoms with Crippen molar-refractivity contribution in [3.05, 3.63) is 29.8 Å². The molecule has 2 N–H and O–H groups in total. The van der Waals surface area contributed by atoms with Gasteiger partial charge in [-0.05, 0) is 30.5 Å². The summed E-state index contributed by atoms with van der Waals surface area (Å²) in [5, 5.41) is 12.3. The Morgan fingerprint density at radius 2 is 1.83 bits per heavy atom. The molecule has 23 heavy (non-hydrogen) atoms. The fourth-order valence-electron chi connectivity index (χ4n) is 3.02. The molecule has 1 aliphatic rings. The van der Waals surface area contributed by atoms with Gasteiger partial charge in [-0.25, -0.2) is 0 Å². The average molecular weight is 319 g/mol. The molecule has 1 aromatic rings. The van der Waals surface area contributed by atoms with Crippen LogP contribution in [0, 0.1) is 0 Å². The van der Waals surface area contributed by atoms with Gasteiger partial charge >= 0.3 is 0 Å². The van der Waals surface area contributed by atoms with Crippen molar-refractivity contribution < 1.29 is 9.90 Å². The molecule has 1 heterocycles. The molecule has 1 amide bonds. The number of hydrogen-bond acceptors (Lipinski definition) is 4. The number of amides is 1. The molecule has 0 bridgehead atoms. The van der Waals surface area contributed by atoms with Gasteiger partial charge in [0.2, 0.25) is 5.91 Å². The van der Waals surface area contributed by atoms with Crippen LogP contribution in [0.5, 0.6) is 0 Å². The Labute approximate surface area is 139 Å². The van der Waals surface area contributed by atoms with Gasteiger partial charge in [0.1, 0.15) is 0 Å². The SMILES string of the molecule is CCc1ccc(NC(=O)CN2CCN(C(CC)CO)CC2)cc1. The first-order valence-electron chi connectivity index (χ1n) is 8.62. The van der Waals surface area contributed by atoms with Gasteiger partial charge in [-0.2, -0.15) is 0 Å². The number of carbonyl (C=O) groups is 1. The molecule has 128 valence electrons. The fourth-order valence-corrected chi connectivity index (χ4v) is 3.02. The monoisotopic (exact) mass is 319 g/mol. The smallest absolute Gasteiger partial charge is 0.238 e. The van der Waals surface area contributed by atoms with Gasteiger partial charge in [-0.15, -0.1) is 0 Å². The zero-order valence-corrected chi connectivity index (χ0v) is 14.3. The van der Waals surface area contributed by atoms with Gasteiger partial charge in [-0.1, -0.05) is 26.0 Å². The minimum atomic E-state index is 0.0388. The Morgan fingerprint density at radius 3 is 2.35 bits per heavy atom. The van der Waals surface area contributed by atoms with Crippen LogP contribution in [0.2, 0.25) is 0 Å². The van der Waals surface area contributed by atoms with Gasteiger partial charge in [-0.3, -0.25) is 14.6 Å². The van der Waals surface area contributed by atoms with E-state index in [4.69, 9.17) is 0 Å². The summed E-state index contributed by atoms with van der Waals surface area (Å²) in [4.78, 5) is 16.7. The lowest BCUT2D eigenvalue weighted by molar-refractivity contribution is -0.117. The van der Waals surface area contributed by atoms with E-state index in [-0.39, 0.29) is 18.6 Å². The molecule has 1 unspecified atom stereocenters. The summed E-state index contributed by atoms with van der Waals surface area (Å²) in [6.07, 6.45) is 1.97. The highest BCUT2D eigenvalue weighted by Crippen LogP contribution is 2.11. The molecule has 5 nitrogen and oxygen atoms in total. The normalized spacial score (nSPS) is 17.9. The van der Waals surface area contributed by atoms with E-state index in [9.17, 15) is 9.90 Å². The van der Waals surface area contributed by atoms with Crippen molar-refractivity contribution in [2.75, 3.05) is 44.6 Å². The highest BCUT2D eigenvalue weighted by atomic mass is 16.3. The summed E-state index contributed by atoms with van der Waals surface area (Å²) in [6, 6.07) is 8.27. The lowest BCUT2D eigenvalue weighted by atomic mass is 10.1. The third kappa shape index (κ3) is 5.30. The van der Waals surface area contributed by atoms with Gasteiger partial charge < -0.3 is 10.4 Å². The third-order valence-electron chi connectivity index (χ3n) is 4.62. The predicted molar refractivity (Wildman–Crippen MR) is 93.6 cm³/mol. The van der Waals surface area contributed by atoms with Crippen LogP contribution in [-0.2, 0) is 11.2 Å². The molecule has 1 atom stereocenters. The van der Waals surface area contributed by atoms with E-state index in [1.54, 1.807) is 0 Å². The number of aliphatic hydroxyl groups excluding tert-OH is 1. The van der Waals surface area contributed by atoms with E-state index in [1.165, 1.54) is 5.56 Å². The summed E-state index contributed by atoms with van der Waals surface area (Å²) in [5.74, 6) is 0.0388. The number of rotatable bonds is 7. The Hall–Kier alpha value is -1.43. The van der Waals surface area contributed by atoms with E-state index >= 15 is 0 Å². The largest absolute Gasteiger partial charge is 0.395 e. The van der Waals surface area contributed by atoms with Crippen molar-refractivity contribution in [2.24, 2.45) is 0 Å². The first-order valence-corrected chi connectivity index (χ1v) is 8.62. The van der Waals surface area contributed by atoms with Crippen molar-refractivity contribution in [3.63, 3.8) is 0 Å². The predicted octanol–water partition coefficient (Wildman–Crippen LogP) is 1.58. The number of benzene rings is 1. The van der Waals surface area contributed by atoms with E-state index in [1.807, 2.05) is 24.3 Å². The second-order valence-electron chi connectivity index (χ2n) is 6.16. The van der Waals surface area contributed by atoms with Crippen LogP contribution in [0.25, 0.3) is 0 Å². The number of carbonyl (C=O) groups excluding carboxylic acids is 1. The molecule has 2 rings (SSSR count). The minimum Gasteiger partial charge on any atom is -0.395 e. The topological polar surface area (TPSA) is 55.8 Å². The third-order valence-corrected chi connectivity index (χ3v) is 4.62. The van der Waals surface area contributed by atoms with Crippen molar-refractivity contribution in [1.82, 2.24) is 9.80 Å². The van der Waals surface area contributed by atoms with Crippen molar-refractivity contribution in [1.29, 1.82) is 0 Å². The first kappa shape index (κ1) is 17.9. The van der Waals surface area contributed by atoms with Crippen molar-refractivity contribution >= 4 is 11.6 Å². The van der Waals surface area contributed by atoms with Gasteiger partial charge in [0, 0.05) is 37.9 Å². The van der Waals surface area contributed by atoms with E-state index < -0.39 is 0 Å². The van der Waals surface area contributed by atoms with Gasteiger partial charge in [0.05, 0.1) is 13.2 Å². The van der Waals surface area contributed by atoms with Gasteiger partial charge in [0.15, 0.2) is 0 Å². The summed E-state index contributed by atoms with van der Waals surface area (Å²) >= 11 is 0. The Kier molecular flexibility index (Phi) is 7.02. The van der Waals surface area contributed by atoms with Crippen LogP contribution in [-0.4, -0.2) is 66.2 Å². The minimum absolute atomic E-state index is 0.0388. The zero-order valence-electron chi connectivity index (χ0n) is 14.3. The van der Waals surface area contributed by atoms with E-state index in [0.29, 0.717) is 6.54 Å². The molecule has 0 spiro atoms. The molecule has 1 saturated heterocycles. The molecule has 0 aromatic heterocycles. The van der Waals surface area contributed by atoms with Crippen LogP contribution in [0.1, 0.15) is 25.8 Å². The van der Waals surface area contributed by atoms with E-state index in [0.717, 1.165) is 44.7 Å². The highest BCUT2D eigenvalue weighted by molar-refractivity contribution is 5.92. The van der Waals surface area contributed by atoms with Crippen LogP contribution in [0.15, 0.2) is 24.3 Å². The second kappa shape index (κ2) is 9.01. The van der Waals surface area contributed by atoms with Crippen LogP contribution in [0.3, 0.4) is 0 Å². The number of nitrogens with one attached hydrogen (secondary N) is 1. The zero-order chi connectivity index (χ0) is 16.7. The molecule has 5 heteroatoms. The number of anilines is 1. The number of aliphatic hydroxyl groups is 1. The molecular formula is C18H29N3O2. The number of hydrogen-bond donors (Lipinski definition) is 2. The molecular weight excluding hydrogens is 290 g/mol. The lowest BCUT2D eigenvalue weighted by Gasteiger charge is -2.38. The first-order chi connectivity index (χ1) is 11.2. The van der Waals surface area contributed by atoms with Crippen molar-refractivity contribution in [3.8, 4) is 0 Å². The Morgan fingerprint density at radius 1 is 1.17 bits per heavy atom. The standard InChI is InChI=1S/C18H29N3O2/c1-3-15-5-7-16(8-6-15)19-18(23)13-20-9-11-21(12-10-20)17(4-2)14-22/h5-8,17,22H,3-4,9-14H2,1-2H3,(H,19,23). The number of piperazine rings is 1. The van der Waals surface area contributed by atoms with Crippen LogP contribution in [0.4, 0.5) is 5.69 Å². The average Bonchev–Trinajstić information content (AvgIpc) is 2.58. The Balaban J connectivity index is 1.76.